The summed E-state index contributed by atoms with van der Waals surface area (Å²) < 4.78 is 0. The number of imidazole rings is 1. The Balaban J connectivity index is 1.55. The zero-order valence-corrected chi connectivity index (χ0v) is 18.8. The van der Waals surface area contributed by atoms with Crippen molar-refractivity contribution in [1.29, 1.82) is 0 Å². The van der Waals surface area contributed by atoms with Crippen LogP contribution in [-0.4, -0.2) is 39.6 Å². The van der Waals surface area contributed by atoms with Crippen LogP contribution >= 0.6 is 0 Å². The third-order valence-electron chi connectivity index (χ3n) is 6.06. The van der Waals surface area contributed by atoms with E-state index in [1.807, 2.05) is 89.8 Å². The average molecular weight is 451 g/mol. The molecule has 34 heavy (non-hydrogen) atoms. The van der Waals surface area contributed by atoms with Gasteiger partial charge in [0.2, 0.25) is 5.91 Å². The molecule has 0 spiro atoms. The van der Waals surface area contributed by atoms with Crippen LogP contribution in [0.5, 0.6) is 0 Å². The molecule has 3 aromatic carbocycles. The van der Waals surface area contributed by atoms with Gasteiger partial charge in [0.25, 0.3) is 0 Å². The van der Waals surface area contributed by atoms with Crippen molar-refractivity contribution in [1.82, 2.24) is 14.9 Å². The Morgan fingerprint density at radius 1 is 1.06 bits per heavy atom. The van der Waals surface area contributed by atoms with Crippen molar-refractivity contribution in [2.45, 2.75) is 18.4 Å². The van der Waals surface area contributed by atoms with Gasteiger partial charge in [0.05, 0.1) is 35.2 Å². The number of amides is 1. The van der Waals surface area contributed by atoms with Crippen molar-refractivity contribution >= 4 is 22.7 Å². The van der Waals surface area contributed by atoms with Crippen LogP contribution in [0.4, 0.5) is 0 Å². The Labute approximate surface area is 198 Å². The molecule has 2 heterocycles. The highest BCUT2D eigenvalue weighted by atomic mass is 16.6. The monoisotopic (exact) mass is 450 g/mol. The molecule has 0 aliphatic carbocycles. The number of nitrogens with zero attached hydrogens (tertiary/aromatic N) is 3. The zero-order chi connectivity index (χ0) is 23.3. The molecule has 0 unspecified atom stereocenters. The van der Waals surface area contributed by atoms with Gasteiger partial charge in [-0.25, -0.2) is 4.98 Å². The number of rotatable bonds is 7. The van der Waals surface area contributed by atoms with Gasteiger partial charge >= 0.3 is 0 Å². The second kappa shape index (κ2) is 9.75. The van der Waals surface area contributed by atoms with Gasteiger partial charge < -0.3 is 14.7 Å². The average Bonchev–Trinajstić information content (AvgIpc) is 3.50. The number of carbonyl (C=O) groups is 1. The first-order chi connectivity index (χ1) is 16.7. The maximum atomic E-state index is 14.2. The molecule has 0 radical (unpaired) electrons. The first-order valence-electron chi connectivity index (χ1n) is 11.4. The Bertz CT molecular complexity index is 1240. The molecule has 1 aliphatic rings. The van der Waals surface area contributed by atoms with E-state index in [0.29, 0.717) is 19.6 Å². The van der Waals surface area contributed by atoms with E-state index in [-0.39, 0.29) is 11.9 Å². The molecule has 5 rings (SSSR count). The van der Waals surface area contributed by atoms with Crippen molar-refractivity contribution in [3.8, 4) is 0 Å². The highest BCUT2D eigenvalue weighted by Crippen LogP contribution is 2.36. The molecule has 1 N–H and O–H groups in total. The summed E-state index contributed by atoms with van der Waals surface area (Å²) in [6.07, 6.45) is 2.21. The summed E-state index contributed by atoms with van der Waals surface area (Å²) in [7, 11) is 0. The summed E-state index contributed by atoms with van der Waals surface area (Å²) in [5.74, 6) is 0.336. The van der Waals surface area contributed by atoms with E-state index in [0.717, 1.165) is 33.7 Å². The summed E-state index contributed by atoms with van der Waals surface area (Å²) in [6.45, 7) is 4.38. The molecule has 1 aromatic heterocycles. The molecule has 1 aliphatic heterocycles. The molecule has 0 bridgehead atoms. The van der Waals surface area contributed by atoms with Crippen LogP contribution in [0.15, 0.2) is 103 Å². The maximum Gasteiger partial charge on any atom is 0.235 e. The second-order valence-electron chi connectivity index (χ2n) is 8.32. The van der Waals surface area contributed by atoms with E-state index >= 15 is 0 Å². The first kappa shape index (κ1) is 21.6. The van der Waals surface area contributed by atoms with Gasteiger partial charge in [-0.05, 0) is 23.3 Å². The van der Waals surface area contributed by atoms with Crippen molar-refractivity contribution in [2.75, 3.05) is 13.2 Å². The number of carbonyl (C=O) groups excluding carboxylic acids is 1. The smallest absolute Gasteiger partial charge is 0.235 e. The van der Waals surface area contributed by atoms with Gasteiger partial charge in [0.15, 0.2) is 0 Å². The van der Waals surface area contributed by atoms with Gasteiger partial charge in [-0.3, -0.25) is 4.79 Å². The van der Waals surface area contributed by atoms with E-state index in [9.17, 15) is 4.79 Å². The van der Waals surface area contributed by atoms with E-state index in [1.54, 1.807) is 6.08 Å². The van der Waals surface area contributed by atoms with Crippen LogP contribution < -0.4 is 0 Å². The number of H-pyrrole nitrogens is 1. The largest absolute Gasteiger partial charge is 0.392 e. The van der Waals surface area contributed by atoms with Gasteiger partial charge in [-0.15, -0.1) is 0 Å². The number of nitrogens with one attached hydrogen (secondary N) is 1. The Morgan fingerprint density at radius 2 is 1.71 bits per heavy atom. The van der Waals surface area contributed by atoms with Crippen molar-refractivity contribution in [2.24, 2.45) is 5.16 Å². The Hall–Kier alpha value is -4.19. The highest BCUT2D eigenvalue weighted by Gasteiger charge is 2.40. The lowest BCUT2D eigenvalue weighted by Crippen LogP contribution is -2.36. The summed E-state index contributed by atoms with van der Waals surface area (Å²) in [5.41, 5.74) is 4.54. The number of oxime groups is 1. The van der Waals surface area contributed by atoms with Crippen molar-refractivity contribution < 1.29 is 9.63 Å². The molecule has 1 amide bonds. The molecule has 1 fully saturated rings. The third kappa shape index (κ3) is 4.35. The summed E-state index contributed by atoms with van der Waals surface area (Å²) in [4.78, 5) is 29.6. The number of hydrogen-bond acceptors (Lipinski definition) is 4. The summed E-state index contributed by atoms with van der Waals surface area (Å²) >= 11 is 0. The van der Waals surface area contributed by atoms with Gasteiger partial charge in [0.1, 0.15) is 12.4 Å². The molecule has 6 heteroatoms. The van der Waals surface area contributed by atoms with Crippen LogP contribution in [0.2, 0.25) is 0 Å². The van der Waals surface area contributed by atoms with Crippen LogP contribution in [0.25, 0.3) is 11.0 Å². The Kier molecular flexibility index (Phi) is 6.21. The predicted molar refractivity (Wildman–Crippen MR) is 133 cm³/mol. The minimum Gasteiger partial charge on any atom is -0.392 e. The van der Waals surface area contributed by atoms with Crippen LogP contribution in [-0.2, 0) is 9.63 Å². The molecule has 6 nitrogen and oxygen atoms in total. The quantitative estimate of drug-likeness (QED) is 0.238. The third-order valence-corrected chi connectivity index (χ3v) is 6.06. The van der Waals surface area contributed by atoms with Crippen LogP contribution in [0.1, 0.15) is 35.3 Å². The number of benzene rings is 3. The van der Waals surface area contributed by atoms with Gasteiger partial charge in [0, 0.05) is 6.42 Å². The molecular formula is C28H26N4O2. The second-order valence-corrected chi connectivity index (χ2v) is 8.32. The van der Waals surface area contributed by atoms with E-state index < -0.39 is 5.92 Å². The molecule has 170 valence electrons. The van der Waals surface area contributed by atoms with Gasteiger partial charge in [-0.1, -0.05) is 90.6 Å². The number of hydrogen-bond donors (Lipinski definition) is 1. The maximum absolute atomic E-state index is 14.2. The zero-order valence-electron chi connectivity index (χ0n) is 18.8. The molecule has 1 atom stereocenters. The SMILES string of the molecule is C=CCON=C1C[C@@H](c2nc3ccccc3[nH]2)N(C(=O)C(c2ccccc2)c2ccccc2)C1. The highest BCUT2D eigenvalue weighted by molar-refractivity contribution is 5.97. The lowest BCUT2D eigenvalue weighted by molar-refractivity contribution is -0.132. The number of fused-ring (bicyclic) bond motifs is 1. The molecule has 1 saturated heterocycles. The molecular weight excluding hydrogens is 424 g/mol. The normalized spacial score (nSPS) is 16.9. The van der Waals surface area contributed by atoms with Crippen molar-refractivity contribution in [3.63, 3.8) is 0 Å². The topological polar surface area (TPSA) is 70.6 Å². The number of aromatic nitrogens is 2. The van der Waals surface area contributed by atoms with Crippen molar-refractivity contribution in [3.05, 3.63) is 115 Å². The van der Waals surface area contributed by atoms with Crippen LogP contribution in [0.3, 0.4) is 0 Å². The van der Waals surface area contributed by atoms with E-state index in [4.69, 9.17) is 9.82 Å². The number of para-hydroxylation sites is 2. The molecule has 0 saturated carbocycles. The van der Waals surface area contributed by atoms with Gasteiger partial charge in [-0.2, -0.15) is 0 Å². The first-order valence-corrected chi connectivity index (χ1v) is 11.4. The lowest BCUT2D eigenvalue weighted by Gasteiger charge is -2.28. The van der Waals surface area contributed by atoms with Crippen LogP contribution in [0, 0.1) is 0 Å². The predicted octanol–water partition coefficient (Wildman–Crippen LogP) is 5.23. The fourth-order valence-corrected chi connectivity index (χ4v) is 4.49. The lowest BCUT2D eigenvalue weighted by atomic mass is 9.90. The number of likely N-dealkylation sites (tertiary alicyclic amines) is 1. The fraction of sp³-hybridized carbons (Fsp3) is 0.179. The number of aromatic amines is 1. The minimum absolute atomic E-state index is 0.0109. The fourth-order valence-electron chi connectivity index (χ4n) is 4.49. The standard InChI is InChI=1S/C28H26N4O2/c1-2-17-34-31-22-18-25(27-29-23-15-9-10-16-24(23)30-27)32(19-22)28(33)26(20-11-5-3-6-12-20)21-13-7-4-8-14-21/h2-16,25-26H,1,17-19H2,(H,29,30)/t25-/m0/s1. The summed E-state index contributed by atoms with van der Waals surface area (Å²) in [5, 5.41) is 4.29. The minimum atomic E-state index is -0.428. The molecule has 4 aromatic rings. The summed E-state index contributed by atoms with van der Waals surface area (Å²) in [6, 6.07) is 27.4. The van der Waals surface area contributed by atoms with E-state index in [1.165, 1.54) is 0 Å². The Morgan fingerprint density at radius 3 is 2.35 bits per heavy atom. The van der Waals surface area contributed by atoms with E-state index in [2.05, 4.69) is 16.7 Å².